The van der Waals surface area contributed by atoms with E-state index >= 15 is 0 Å². The van der Waals surface area contributed by atoms with Crippen LogP contribution in [-0.2, 0) is 11.3 Å². The molecule has 0 aromatic heterocycles. The summed E-state index contributed by atoms with van der Waals surface area (Å²) in [6.45, 7) is 4.82. The van der Waals surface area contributed by atoms with Gasteiger partial charge in [-0.15, -0.1) is 24.8 Å². The van der Waals surface area contributed by atoms with E-state index in [1.807, 2.05) is 7.05 Å². The van der Waals surface area contributed by atoms with Gasteiger partial charge in [-0.2, -0.15) is 0 Å². The van der Waals surface area contributed by atoms with Crippen molar-refractivity contribution in [2.24, 2.45) is 5.92 Å². The van der Waals surface area contributed by atoms with Crippen LogP contribution in [-0.4, -0.2) is 55.0 Å². The molecular formula is C20H33Cl2N3O. The maximum absolute atomic E-state index is 13.2. The smallest absolute Gasteiger partial charge is 0.239 e. The SMILES string of the molecule is CNCC1CCCN(C(=O)C2CCCCN2Cc2ccccc2)C1.Cl.Cl. The van der Waals surface area contributed by atoms with E-state index in [0.29, 0.717) is 11.8 Å². The van der Waals surface area contributed by atoms with E-state index < -0.39 is 0 Å². The maximum atomic E-state index is 13.2. The van der Waals surface area contributed by atoms with E-state index in [1.165, 1.54) is 24.8 Å². The highest BCUT2D eigenvalue weighted by molar-refractivity contribution is 5.85. The molecule has 0 spiro atoms. The summed E-state index contributed by atoms with van der Waals surface area (Å²) in [5.74, 6) is 0.977. The summed E-state index contributed by atoms with van der Waals surface area (Å²) in [4.78, 5) is 17.7. The van der Waals surface area contributed by atoms with Gasteiger partial charge in [0.1, 0.15) is 0 Å². The van der Waals surface area contributed by atoms with Crippen molar-refractivity contribution in [3.63, 3.8) is 0 Å². The van der Waals surface area contributed by atoms with Crippen molar-refractivity contribution in [3.05, 3.63) is 35.9 Å². The van der Waals surface area contributed by atoms with E-state index in [1.54, 1.807) is 0 Å². The highest BCUT2D eigenvalue weighted by Gasteiger charge is 2.33. The van der Waals surface area contributed by atoms with Crippen LogP contribution in [0.1, 0.15) is 37.7 Å². The van der Waals surface area contributed by atoms with Gasteiger partial charge >= 0.3 is 0 Å². The van der Waals surface area contributed by atoms with Gasteiger partial charge in [0.2, 0.25) is 5.91 Å². The lowest BCUT2D eigenvalue weighted by molar-refractivity contribution is -0.140. The zero-order valence-electron chi connectivity index (χ0n) is 15.7. The Hall–Kier alpha value is -0.810. The number of nitrogens with zero attached hydrogens (tertiary/aromatic N) is 2. The fraction of sp³-hybridized carbons (Fsp3) is 0.650. The Morgan fingerprint density at radius 3 is 2.58 bits per heavy atom. The zero-order valence-corrected chi connectivity index (χ0v) is 17.4. The Bertz CT molecular complexity index is 527. The predicted molar refractivity (Wildman–Crippen MR) is 112 cm³/mol. The minimum absolute atomic E-state index is 0. The molecule has 0 bridgehead atoms. The number of nitrogens with one attached hydrogen (secondary N) is 1. The van der Waals surface area contributed by atoms with Crippen LogP contribution in [0.5, 0.6) is 0 Å². The highest BCUT2D eigenvalue weighted by atomic mass is 35.5. The normalized spacial score (nSPS) is 23.7. The monoisotopic (exact) mass is 401 g/mol. The number of amides is 1. The lowest BCUT2D eigenvalue weighted by Crippen LogP contribution is -2.53. The average Bonchev–Trinajstić information content (AvgIpc) is 2.63. The maximum Gasteiger partial charge on any atom is 0.239 e. The molecule has 26 heavy (non-hydrogen) atoms. The fourth-order valence-corrected chi connectivity index (χ4v) is 4.21. The van der Waals surface area contributed by atoms with Crippen molar-refractivity contribution >= 4 is 30.7 Å². The third kappa shape index (κ3) is 6.12. The Morgan fingerprint density at radius 2 is 1.85 bits per heavy atom. The number of carbonyl (C=O) groups is 1. The summed E-state index contributed by atoms with van der Waals surface area (Å²) >= 11 is 0. The van der Waals surface area contributed by atoms with Crippen molar-refractivity contribution in [1.82, 2.24) is 15.1 Å². The molecule has 1 aromatic carbocycles. The second kappa shape index (κ2) is 11.8. The number of likely N-dealkylation sites (tertiary alicyclic amines) is 2. The molecule has 2 fully saturated rings. The van der Waals surface area contributed by atoms with Gasteiger partial charge in [0.05, 0.1) is 6.04 Å². The zero-order chi connectivity index (χ0) is 16.8. The van der Waals surface area contributed by atoms with Crippen LogP contribution >= 0.6 is 24.8 Å². The second-order valence-corrected chi connectivity index (χ2v) is 7.32. The van der Waals surface area contributed by atoms with Gasteiger partial charge in [-0.05, 0) is 57.3 Å². The van der Waals surface area contributed by atoms with E-state index in [-0.39, 0.29) is 30.9 Å². The van der Waals surface area contributed by atoms with Crippen molar-refractivity contribution in [2.45, 2.75) is 44.7 Å². The molecule has 2 aliphatic rings. The number of halogens is 2. The van der Waals surface area contributed by atoms with E-state index in [2.05, 4.69) is 45.4 Å². The Balaban J connectivity index is 0.00000169. The van der Waals surface area contributed by atoms with Crippen LogP contribution in [0.15, 0.2) is 30.3 Å². The standard InChI is InChI=1S/C20H31N3O.2ClH/c1-21-14-18-10-7-13-23(16-18)20(24)19-11-5-6-12-22(19)15-17-8-3-2-4-9-17;;/h2-4,8-9,18-19,21H,5-7,10-16H2,1H3;2*1H. The molecule has 2 heterocycles. The van der Waals surface area contributed by atoms with Gasteiger partial charge in [-0.25, -0.2) is 0 Å². The summed E-state index contributed by atoms with van der Waals surface area (Å²) in [6, 6.07) is 10.6. The quantitative estimate of drug-likeness (QED) is 0.821. The van der Waals surface area contributed by atoms with Crippen molar-refractivity contribution in [3.8, 4) is 0 Å². The molecule has 2 aliphatic heterocycles. The van der Waals surface area contributed by atoms with Crippen LogP contribution in [0.3, 0.4) is 0 Å². The van der Waals surface area contributed by atoms with Crippen LogP contribution in [0.4, 0.5) is 0 Å². The Labute approximate surface area is 170 Å². The fourth-order valence-electron chi connectivity index (χ4n) is 4.21. The molecule has 0 saturated carbocycles. The molecule has 0 radical (unpaired) electrons. The number of hydrogen-bond donors (Lipinski definition) is 1. The van der Waals surface area contributed by atoms with E-state index in [9.17, 15) is 4.79 Å². The molecule has 6 heteroatoms. The first-order chi connectivity index (χ1) is 11.8. The molecule has 2 unspecified atom stereocenters. The number of hydrogen-bond acceptors (Lipinski definition) is 3. The summed E-state index contributed by atoms with van der Waals surface area (Å²) in [5, 5.41) is 3.27. The van der Waals surface area contributed by atoms with Crippen molar-refractivity contribution in [1.29, 1.82) is 0 Å². The van der Waals surface area contributed by atoms with Gasteiger partial charge < -0.3 is 10.2 Å². The van der Waals surface area contributed by atoms with Crippen molar-refractivity contribution in [2.75, 3.05) is 33.2 Å². The molecule has 1 N–H and O–H groups in total. The number of rotatable bonds is 5. The van der Waals surface area contributed by atoms with Gasteiger partial charge in [0.15, 0.2) is 0 Å². The first kappa shape index (κ1) is 23.2. The van der Waals surface area contributed by atoms with Crippen LogP contribution in [0.25, 0.3) is 0 Å². The molecule has 3 rings (SSSR count). The lowest BCUT2D eigenvalue weighted by atomic mass is 9.95. The van der Waals surface area contributed by atoms with Gasteiger partial charge in [-0.1, -0.05) is 36.8 Å². The first-order valence-corrected chi connectivity index (χ1v) is 9.49. The summed E-state index contributed by atoms with van der Waals surface area (Å²) < 4.78 is 0. The minimum atomic E-state index is 0. The van der Waals surface area contributed by atoms with Crippen LogP contribution in [0.2, 0.25) is 0 Å². The molecule has 1 amide bonds. The molecule has 0 aliphatic carbocycles. The van der Waals surface area contributed by atoms with Gasteiger partial charge in [-0.3, -0.25) is 9.69 Å². The number of carbonyl (C=O) groups excluding carboxylic acids is 1. The third-order valence-electron chi connectivity index (χ3n) is 5.45. The van der Waals surface area contributed by atoms with Crippen LogP contribution in [0, 0.1) is 5.92 Å². The number of benzene rings is 1. The van der Waals surface area contributed by atoms with Gasteiger partial charge in [0, 0.05) is 19.6 Å². The van der Waals surface area contributed by atoms with Crippen molar-refractivity contribution < 1.29 is 4.79 Å². The number of piperidine rings is 2. The largest absolute Gasteiger partial charge is 0.341 e. The average molecular weight is 402 g/mol. The molecule has 1 aromatic rings. The minimum Gasteiger partial charge on any atom is -0.341 e. The summed E-state index contributed by atoms with van der Waals surface area (Å²) in [6.07, 6.45) is 5.78. The Kier molecular flexibility index (Phi) is 10.6. The summed E-state index contributed by atoms with van der Waals surface area (Å²) in [7, 11) is 2.00. The predicted octanol–water partition coefficient (Wildman–Crippen LogP) is 3.34. The first-order valence-electron chi connectivity index (χ1n) is 9.49. The second-order valence-electron chi connectivity index (χ2n) is 7.32. The van der Waals surface area contributed by atoms with Gasteiger partial charge in [0.25, 0.3) is 0 Å². The van der Waals surface area contributed by atoms with Crippen LogP contribution < -0.4 is 5.32 Å². The van der Waals surface area contributed by atoms with E-state index in [0.717, 1.165) is 45.6 Å². The molecule has 2 atom stereocenters. The topological polar surface area (TPSA) is 35.6 Å². The summed E-state index contributed by atoms with van der Waals surface area (Å²) in [5.41, 5.74) is 1.31. The van der Waals surface area contributed by atoms with E-state index in [4.69, 9.17) is 0 Å². The molecule has 4 nitrogen and oxygen atoms in total. The third-order valence-corrected chi connectivity index (χ3v) is 5.45. The molecule has 148 valence electrons. The highest BCUT2D eigenvalue weighted by Crippen LogP contribution is 2.24. The molecular weight excluding hydrogens is 369 g/mol. The Morgan fingerprint density at radius 1 is 1.08 bits per heavy atom. The molecule has 2 saturated heterocycles. The lowest BCUT2D eigenvalue weighted by Gasteiger charge is -2.40.